The van der Waals surface area contributed by atoms with E-state index in [2.05, 4.69) is 15.5 Å². The zero-order valence-corrected chi connectivity index (χ0v) is 15.5. The van der Waals surface area contributed by atoms with Gasteiger partial charge in [-0.2, -0.15) is 5.10 Å². The number of aromatic nitrogens is 2. The Morgan fingerprint density at radius 3 is 2.52 bits per heavy atom. The summed E-state index contributed by atoms with van der Waals surface area (Å²) in [4.78, 5) is 23.9. The number of H-pyrrole nitrogens is 1. The Balaban J connectivity index is 1.90. The summed E-state index contributed by atoms with van der Waals surface area (Å²) in [6.45, 7) is 1.74. The molecule has 0 unspecified atom stereocenters. The third kappa shape index (κ3) is 4.29. The smallest absolute Gasteiger partial charge is 0.264 e. The van der Waals surface area contributed by atoms with E-state index in [0.717, 1.165) is 6.26 Å². The standard InChI is InChI=1S/C19H17N3O4S/c1-12-6-7-15(27(2,25)26)11-16(12)19(24)20-14-5-3-4-13(10-14)17-8-9-18(23)22-21-17/h3-11H,1-2H3,(H,20,24)(H,22,23). The number of aryl methyl sites for hydroxylation is 1. The van der Waals surface area contributed by atoms with Crippen molar-refractivity contribution >= 4 is 21.4 Å². The molecule has 3 rings (SSSR count). The second-order valence-electron chi connectivity index (χ2n) is 6.09. The predicted molar refractivity (Wildman–Crippen MR) is 103 cm³/mol. The maximum Gasteiger partial charge on any atom is 0.264 e. The molecule has 0 saturated heterocycles. The first-order valence-corrected chi connectivity index (χ1v) is 9.91. The SMILES string of the molecule is Cc1ccc(S(C)(=O)=O)cc1C(=O)Nc1cccc(-c2ccc(=O)[nH]n2)c1. The Hall–Kier alpha value is -3.26. The summed E-state index contributed by atoms with van der Waals surface area (Å²) in [5.41, 5.74) is 2.44. The number of benzene rings is 2. The summed E-state index contributed by atoms with van der Waals surface area (Å²) >= 11 is 0. The van der Waals surface area contributed by atoms with Crippen molar-refractivity contribution < 1.29 is 13.2 Å². The molecular weight excluding hydrogens is 366 g/mol. The fourth-order valence-electron chi connectivity index (χ4n) is 2.54. The second-order valence-corrected chi connectivity index (χ2v) is 8.11. The summed E-state index contributed by atoms with van der Waals surface area (Å²) < 4.78 is 23.5. The normalized spacial score (nSPS) is 11.2. The van der Waals surface area contributed by atoms with Crippen LogP contribution < -0.4 is 10.9 Å². The van der Waals surface area contributed by atoms with Gasteiger partial charge in [-0.05, 0) is 42.8 Å². The number of rotatable bonds is 4. The first-order chi connectivity index (χ1) is 12.7. The minimum atomic E-state index is -3.41. The van der Waals surface area contributed by atoms with Crippen molar-refractivity contribution in [2.24, 2.45) is 0 Å². The Labute approximate surface area is 156 Å². The summed E-state index contributed by atoms with van der Waals surface area (Å²) in [6, 6.07) is 14.4. The minimum Gasteiger partial charge on any atom is -0.322 e. The largest absolute Gasteiger partial charge is 0.322 e. The number of carbonyl (C=O) groups excluding carboxylic acids is 1. The molecule has 1 heterocycles. The maximum absolute atomic E-state index is 12.6. The molecule has 0 saturated carbocycles. The molecule has 0 radical (unpaired) electrons. The molecule has 0 bridgehead atoms. The van der Waals surface area contributed by atoms with Gasteiger partial charge in [0.1, 0.15) is 0 Å². The number of carbonyl (C=O) groups is 1. The van der Waals surface area contributed by atoms with Gasteiger partial charge in [0.05, 0.1) is 10.6 Å². The highest BCUT2D eigenvalue weighted by atomic mass is 32.2. The van der Waals surface area contributed by atoms with Crippen molar-refractivity contribution in [3.05, 3.63) is 76.1 Å². The zero-order chi connectivity index (χ0) is 19.6. The molecule has 0 aliphatic heterocycles. The van der Waals surface area contributed by atoms with Gasteiger partial charge in [0.2, 0.25) is 0 Å². The number of nitrogens with one attached hydrogen (secondary N) is 2. The molecule has 138 valence electrons. The van der Waals surface area contributed by atoms with Crippen LogP contribution in [0.2, 0.25) is 0 Å². The highest BCUT2D eigenvalue weighted by Crippen LogP contribution is 2.21. The van der Waals surface area contributed by atoms with E-state index < -0.39 is 15.7 Å². The van der Waals surface area contributed by atoms with Gasteiger partial charge in [-0.15, -0.1) is 0 Å². The second kappa shape index (κ2) is 7.16. The molecule has 0 aliphatic rings. The quantitative estimate of drug-likeness (QED) is 0.719. The van der Waals surface area contributed by atoms with Gasteiger partial charge in [-0.25, -0.2) is 13.5 Å². The number of sulfone groups is 1. The number of hydrogen-bond acceptors (Lipinski definition) is 5. The molecular formula is C19H17N3O4S. The molecule has 3 aromatic rings. The van der Waals surface area contributed by atoms with E-state index in [-0.39, 0.29) is 16.0 Å². The highest BCUT2D eigenvalue weighted by molar-refractivity contribution is 7.90. The van der Waals surface area contributed by atoms with Crippen LogP contribution in [0.3, 0.4) is 0 Å². The fraction of sp³-hybridized carbons (Fsp3) is 0.105. The lowest BCUT2D eigenvalue weighted by Gasteiger charge is -2.10. The highest BCUT2D eigenvalue weighted by Gasteiger charge is 2.15. The summed E-state index contributed by atoms with van der Waals surface area (Å²) in [5, 5.41) is 9.09. The van der Waals surface area contributed by atoms with Crippen LogP contribution in [-0.2, 0) is 9.84 Å². The summed E-state index contributed by atoms with van der Waals surface area (Å²) in [5.74, 6) is -0.412. The number of amides is 1. The molecule has 0 spiro atoms. The van der Waals surface area contributed by atoms with Crippen molar-refractivity contribution in [3.63, 3.8) is 0 Å². The molecule has 8 heteroatoms. The van der Waals surface area contributed by atoms with Crippen molar-refractivity contribution in [2.75, 3.05) is 11.6 Å². The number of anilines is 1. The van der Waals surface area contributed by atoms with Gasteiger partial charge in [0.25, 0.3) is 11.5 Å². The van der Waals surface area contributed by atoms with Crippen LogP contribution in [0.4, 0.5) is 5.69 Å². The molecule has 1 amide bonds. The lowest BCUT2D eigenvalue weighted by atomic mass is 10.1. The van der Waals surface area contributed by atoms with Crippen molar-refractivity contribution in [1.29, 1.82) is 0 Å². The van der Waals surface area contributed by atoms with Gasteiger partial charge in [-0.3, -0.25) is 9.59 Å². The molecule has 2 N–H and O–H groups in total. The van der Waals surface area contributed by atoms with Crippen molar-refractivity contribution in [3.8, 4) is 11.3 Å². The molecule has 7 nitrogen and oxygen atoms in total. The Bertz CT molecular complexity index is 1160. The van der Waals surface area contributed by atoms with Crippen molar-refractivity contribution in [1.82, 2.24) is 10.2 Å². The molecule has 0 aliphatic carbocycles. The lowest BCUT2D eigenvalue weighted by molar-refractivity contribution is 0.102. The van der Waals surface area contributed by atoms with E-state index in [9.17, 15) is 18.0 Å². The van der Waals surface area contributed by atoms with Gasteiger partial charge >= 0.3 is 0 Å². The average Bonchev–Trinajstić information content (AvgIpc) is 2.62. The lowest BCUT2D eigenvalue weighted by Crippen LogP contribution is -2.14. The summed E-state index contributed by atoms with van der Waals surface area (Å²) in [6.07, 6.45) is 1.10. The van der Waals surface area contributed by atoms with Crippen LogP contribution in [0.5, 0.6) is 0 Å². The molecule has 2 aromatic carbocycles. The van der Waals surface area contributed by atoms with E-state index >= 15 is 0 Å². The molecule has 1 aromatic heterocycles. The van der Waals surface area contributed by atoms with E-state index in [0.29, 0.717) is 22.5 Å². The number of nitrogens with zero attached hydrogens (tertiary/aromatic N) is 1. The number of aromatic amines is 1. The molecule has 27 heavy (non-hydrogen) atoms. The summed E-state index contributed by atoms with van der Waals surface area (Å²) in [7, 11) is -3.41. The maximum atomic E-state index is 12.6. The zero-order valence-electron chi connectivity index (χ0n) is 14.7. The third-order valence-corrected chi connectivity index (χ3v) is 5.09. The average molecular weight is 383 g/mol. The Morgan fingerprint density at radius 2 is 1.85 bits per heavy atom. The monoisotopic (exact) mass is 383 g/mol. The molecule has 0 atom stereocenters. The first-order valence-electron chi connectivity index (χ1n) is 8.02. The van der Waals surface area contributed by atoms with Gasteiger partial charge in [0, 0.05) is 29.1 Å². The van der Waals surface area contributed by atoms with Gasteiger partial charge < -0.3 is 5.32 Å². The van der Waals surface area contributed by atoms with Crippen molar-refractivity contribution in [2.45, 2.75) is 11.8 Å². The minimum absolute atomic E-state index is 0.0874. The van der Waals surface area contributed by atoms with Crippen LogP contribution in [-0.4, -0.2) is 30.8 Å². The van der Waals surface area contributed by atoms with Crippen LogP contribution >= 0.6 is 0 Å². The number of hydrogen-bond donors (Lipinski definition) is 2. The van der Waals surface area contributed by atoms with E-state index in [1.807, 2.05) is 0 Å². The van der Waals surface area contributed by atoms with E-state index in [1.54, 1.807) is 43.3 Å². The predicted octanol–water partition coefficient (Wildman–Crippen LogP) is 2.40. The Morgan fingerprint density at radius 1 is 1.07 bits per heavy atom. The first kappa shape index (κ1) is 18.5. The van der Waals surface area contributed by atoms with Crippen LogP contribution in [0.15, 0.2) is 64.3 Å². The topological polar surface area (TPSA) is 109 Å². The van der Waals surface area contributed by atoms with Crippen LogP contribution in [0.25, 0.3) is 11.3 Å². The molecule has 0 fully saturated rings. The van der Waals surface area contributed by atoms with E-state index in [1.165, 1.54) is 18.2 Å². The van der Waals surface area contributed by atoms with Crippen LogP contribution in [0.1, 0.15) is 15.9 Å². The van der Waals surface area contributed by atoms with Gasteiger partial charge in [0.15, 0.2) is 9.84 Å². The fourth-order valence-corrected chi connectivity index (χ4v) is 3.18. The Kier molecular flexibility index (Phi) is 4.91. The van der Waals surface area contributed by atoms with E-state index in [4.69, 9.17) is 0 Å². The third-order valence-electron chi connectivity index (χ3n) is 3.98. The van der Waals surface area contributed by atoms with Gasteiger partial charge in [-0.1, -0.05) is 18.2 Å². The van der Waals surface area contributed by atoms with Crippen LogP contribution in [0, 0.1) is 6.92 Å².